The highest BCUT2D eigenvalue weighted by Gasteiger charge is 2.46. The van der Waals surface area contributed by atoms with Crippen molar-refractivity contribution in [3.63, 3.8) is 0 Å². The van der Waals surface area contributed by atoms with Crippen LogP contribution in [0.1, 0.15) is 55.9 Å². The minimum Gasteiger partial charge on any atom is -0.496 e. The van der Waals surface area contributed by atoms with Crippen molar-refractivity contribution in [2.24, 2.45) is 0 Å². The molecule has 2 atom stereocenters. The number of carbonyl (C=O) groups excluding carboxylic acids is 4. The number of anilines is 2. The molecule has 3 fully saturated rings. The van der Waals surface area contributed by atoms with E-state index in [1.165, 1.54) is 13.3 Å². The highest BCUT2D eigenvalue weighted by atomic mass is 32.2. The number of fused-ring (bicyclic) bond motifs is 2. The van der Waals surface area contributed by atoms with Crippen LogP contribution in [0.25, 0.3) is 22.2 Å². The molecule has 4 aliphatic rings. The Kier molecular flexibility index (Phi) is 11.6. The molecule has 0 bridgehead atoms. The number of allylic oxidation sites excluding steroid dienone is 1. The van der Waals surface area contributed by atoms with E-state index in [0.29, 0.717) is 69.2 Å². The summed E-state index contributed by atoms with van der Waals surface area (Å²) in [6.07, 6.45) is 2.26. The number of alkyl halides is 1. The number of aromatic nitrogens is 2. The molecule has 3 saturated heterocycles. The first-order chi connectivity index (χ1) is 31.2. The second-order valence-corrected chi connectivity index (χ2v) is 17.9. The number of hydrogen-bond donors (Lipinski definition) is 3. The fourth-order valence-corrected chi connectivity index (χ4v) is 9.93. The number of aromatic amines is 1. The van der Waals surface area contributed by atoms with Gasteiger partial charge in [-0.15, -0.1) is 0 Å². The van der Waals surface area contributed by atoms with Crippen molar-refractivity contribution < 1.29 is 50.2 Å². The van der Waals surface area contributed by atoms with E-state index < -0.39 is 75.4 Å². The molecule has 0 saturated carbocycles. The fraction of sp³-hybridized carbons (Fsp3) is 0.311. The minimum atomic E-state index is -4.37. The van der Waals surface area contributed by atoms with Gasteiger partial charge >= 0.3 is 10.2 Å². The molecule has 338 valence electrons. The van der Waals surface area contributed by atoms with Crippen molar-refractivity contribution in [2.75, 3.05) is 69.2 Å². The van der Waals surface area contributed by atoms with E-state index in [2.05, 4.69) is 31.7 Å². The Bertz CT molecular complexity index is 2890. The van der Waals surface area contributed by atoms with E-state index >= 15 is 8.78 Å². The number of carbonyl (C=O) groups is 4. The molecule has 65 heavy (non-hydrogen) atoms. The zero-order chi connectivity index (χ0) is 45.7. The lowest BCUT2D eigenvalue weighted by molar-refractivity contribution is -0.125. The van der Waals surface area contributed by atoms with Gasteiger partial charge in [0, 0.05) is 92.2 Å². The Morgan fingerprint density at radius 3 is 2.45 bits per heavy atom. The molecule has 0 radical (unpaired) electrons. The van der Waals surface area contributed by atoms with Crippen LogP contribution in [0.4, 0.5) is 24.5 Å². The highest BCUT2D eigenvalue weighted by Crippen LogP contribution is 2.38. The third kappa shape index (κ3) is 8.28. The van der Waals surface area contributed by atoms with Gasteiger partial charge in [0.15, 0.2) is 5.82 Å². The predicted molar refractivity (Wildman–Crippen MR) is 233 cm³/mol. The zero-order valence-corrected chi connectivity index (χ0v) is 35.9. The van der Waals surface area contributed by atoms with Crippen LogP contribution < -0.4 is 24.4 Å². The van der Waals surface area contributed by atoms with Gasteiger partial charge in [0.25, 0.3) is 11.8 Å². The number of piperidine rings is 1. The van der Waals surface area contributed by atoms with E-state index in [1.807, 2.05) is 16.9 Å². The number of nitrogens with one attached hydrogen (secondary N) is 3. The van der Waals surface area contributed by atoms with Crippen LogP contribution in [0.2, 0.25) is 0 Å². The summed E-state index contributed by atoms with van der Waals surface area (Å²) >= 11 is 0. The third-order valence-electron chi connectivity index (χ3n) is 12.2. The zero-order valence-electron chi connectivity index (χ0n) is 35.0. The number of halogens is 3. The van der Waals surface area contributed by atoms with Crippen LogP contribution in [0.15, 0.2) is 79.3 Å². The molecule has 6 heterocycles. The van der Waals surface area contributed by atoms with Crippen molar-refractivity contribution in [3.8, 4) is 22.6 Å². The number of rotatable bonds is 13. The minimum absolute atomic E-state index is 0.0101. The largest absolute Gasteiger partial charge is 0.496 e. The summed E-state index contributed by atoms with van der Waals surface area (Å²) < 4.78 is 84.6. The second kappa shape index (κ2) is 17.3. The molecule has 9 rings (SSSR count). The molecule has 3 amide bonds. The van der Waals surface area contributed by atoms with E-state index in [9.17, 15) is 32.0 Å². The summed E-state index contributed by atoms with van der Waals surface area (Å²) in [6, 6.07) is 13.1. The van der Waals surface area contributed by atoms with Crippen LogP contribution in [0.5, 0.6) is 11.5 Å². The maximum atomic E-state index is 15.7. The maximum absolute atomic E-state index is 15.7. The van der Waals surface area contributed by atoms with Crippen molar-refractivity contribution in [3.05, 3.63) is 113 Å². The van der Waals surface area contributed by atoms with Crippen molar-refractivity contribution >= 4 is 56.1 Å². The Morgan fingerprint density at radius 1 is 0.969 bits per heavy atom. The number of benzene rings is 3. The second-order valence-electron chi connectivity index (χ2n) is 16.2. The summed E-state index contributed by atoms with van der Waals surface area (Å²) in [7, 11) is -2.93. The van der Waals surface area contributed by atoms with Crippen molar-refractivity contribution in [2.45, 2.75) is 31.5 Å². The SMILES string of the molecule is C=C1CCC(N2C(=O)c3cc(N4CCN(CCOc5ccc(-c6cnc7[nH]cc(C(=O)c8c(F)ccc(NS(=O)(=O)N9CC[C@@H](F)C9)c8F)c7c6)cc5)CC4)cc(OC)c3C2=O)C(=O)N1. The number of nitrogens with zero attached hydrogens (tertiary/aromatic N) is 5. The number of ketones is 1. The predicted octanol–water partition coefficient (Wildman–Crippen LogP) is 5.04. The summed E-state index contributed by atoms with van der Waals surface area (Å²) in [4.78, 5) is 66.1. The molecule has 2 aromatic heterocycles. The number of amides is 3. The fourth-order valence-electron chi connectivity index (χ4n) is 8.67. The number of H-pyrrole nitrogens is 1. The van der Waals surface area contributed by atoms with Gasteiger partial charge in [0.2, 0.25) is 11.7 Å². The molecule has 16 nitrogen and oxygen atoms in total. The first-order valence-electron chi connectivity index (χ1n) is 20.9. The summed E-state index contributed by atoms with van der Waals surface area (Å²) in [6.45, 7) is 7.00. The van der Waals surface area contributed by atoms with Crippen LogP contribution in [-0.2, 0) is 15.0 Å². The Balaban J connectivity index is 0.809. The van der Waals surface area contributed by atoms with Crippen LogP contribution in [0.3, 0.4) is 0 Å². The summed E-state index contributed by atoms with van der Waals surface area (Å²) in [5.74, 6) is -4.27. The molecule has 0 spiro atoms. The van der Waals surface area contributed by atoms with Gasteiger partial charge < -0.3 is 24.7 Å². The van der Waals surface area contributed by atoms with Gasteiger partial charge in [-0.1, -0.05) is 18.7 Å². The van der Waals surface area contributed by atoms with Gasteiger partial charge in [-0.3, -0.25) is 33.7 Å². The number of hydrogen-bond acceptors (Lipinski definition) is 11. The Labute approximate surface area is 371 Å². The first kappa shape index (κ1) is 43.5. The molecule has 0 aliphatic carbocycles. The third-order valence-corrected chi connectivity index (χ3v) is 13.7. The first-order valence-corrected chi connectivity index (χ1v) is 22.4. The Hall–Kier alpha value is -6.77. The lowest BCUT2D eigenvalue weighted by Crippen LogP contribution is -2.51. The topological polar surface area (TPSA) is 187 Å². The molecule has 3 N–H and O–H groups in total. The lowest BCUT2D eigenvalue weighted by Gasteiger charge is -2.36. The molecular formula is C45H43F3N8O8S. The van der Waals surface area contributed by atoms with Gasteiger partial charge in [-0.05, 0) is 61.2 Å². The van der Waals surface area contributed by atoms with Crippen molar-refractivity contribution in [1.82, 2.24) is 29.4 Å². The normalized spacial score (nSPS) is 19.5. The average Bonchev–Trinajstić information content (AvgIpc) is 4.00. The van der Waals surface area contributed by atoms with Gasteiger partial charge in [-0.2, -0.15) is 12.7 Å². The number of methoxy groups -OCH3 is 1. The molecule has 1 unspecified atom stereocenters. The van der Waals surface area contributed by atoms with Crippen LogP contribution >= 0.6 is 0 Å². The van der Waals surface area contributed by atoms with Gasteiger partial charge in [0.1, 0.15) is 41.8 Å². The van der Waals surface area contributed by atoms with E-state index in [1.54, 1.807) is 36.5 Å². The molecule has 4 aliphatic heterocycles. The molecule has 3 aromatic carbocycles. The van der Waals surface area contributed by atoms with E-state index in [-0.39, 0.29) is 46.4 Å². The van der Waals surface area contributed by atoms with Crippen LogP contribution in [-0.4, -0.2) is 128 Å². The average molecular weight is 913 g/mol. The summed E-state index contributed by atoms with van der Waals surface area (Å²) in [5, 5.41) is 2.93. The lowest BCUT2D eigenvalue weighted by atomic mass is 10.00. The Morgan fingerprint density at radius 2 is 1.74 bits per heavy atom. The standard InChI is InChI=1S/C45H43F3N8O8S/c1-25-3-10-36(43(58)51-25)56-44(59)32-20-29(21-37(63-2)38(32)45(56)60)54-15-13-53(14-16-54)17-18-64-30-6-4-26(5-7-30)27-19-31-33(23-50-42(31)49-22-27)41(57)39-34(47)8-9-35(40(39)48)52-65(61,62)55-12-11-28(46)24-55/h4-9,19-23,28,36,52H,1,3,10-18,24H2,2H3,(H,49,50)(H,51,58)/t28-,36?/m1/s1. The number of imide groups is 1. The molecular weight excluding hydrogens is 870 g/mol. The van der Waals surface area contributed by atoms with E-state index in [4.69, 9.17) is 9.47 Å². The van der Waals surface area contributed by atoms with Gasteiger partial charge in [-0.25, -0.2) is 18.2 Å². The number of piperazine rings is 1. The summed E-state index contributed by atoms with van der Waals surface area (Å²) in [5.41, 5.74) is 1.56. The van der Waals surface area contributed by atoms with Crippen molar-refractivity contribution in [1.29, 1.82) is 0 Å². The monoisotopic (exact) mass is 912 g/mol. The number of ether oxygens (including phenoxy) is 2. The smallest absolute Gasteiger partial charge is 0.301 e. The van der Waals surface area contributed by atoms with Gasteiger partial charge in [0.05, 0.1) is 29.5 Å². The van der Waals surface area contributed by atoms with E-state index in [0.717, 1.165) is 32.6 Å². The maximum Gasteiger partial charge on any atom is 0.301 e. The van der Waals surface area contributed by atoms with Crippen LogP contribution in [0, 0.1) is 11.6 Å². The molecule has 20 heteroatoms. The molecule has 5 aromatic rings. The number of pyridine rings is 1. The quantitative estimate of drug-likeness (QED) is 0.106. The highest BCUT2D eigenvalue weighted by molar-refractivity contribution is 7.90.